The summed E-state index contributed by atoms with van der Waals surface area (Å²) in [5, 5.41) is 15.9. The largest absolute Gasteiger partial charge is 0.352 e. The molecule has 0 radical (unpaired) electrons. The van der Waals surface area contributed by atoms with Crippen molar-refractivity contribution in [3.63, 3.8) is 0 Å². The van der Waals surface area contributed by atoms with Gasteiger partial charge in [-0.05, 0) is 12.5 Å². The Balaban J connectivity index is 1.34. The van der Waals surface area contributed by atoms with Crippen LogP contribution >= 0.6 is 11.3 Å². The highest BCUT2D eigenvalue weighted by Gasteiger charge is 2.36. The molecule has 2 amide bonds. The minimum absolute atomic E-state index is 0.101. The standard InChI is InChI=1S/C17H16N6O3S/c1-10-20-21-17(27-10)23-8-13(6-14(23)24)16(25)18-7-11-2-4-12(5-3-11)15-19-9-26-22-15/h2-5,9,13H,6-8H2,1H3,(H,18,25). The van der Waals surface area contributed by atoms with E-state index in [1.807, 2.05) is 31.2 Å². The van der Waals surface area contributed by atoms with Crippen LogP contribution < -0.4 is 10.2 Å². The van der Waals surface area contributed by atoms with Crippen molar-refractivity contribution in [2.45, 2.75) is 19.9 Å². The van der Waals surface area contributed by atoms with E-state index in [0.717, 1.165) is 16.1 Å². The first-order chi connectivity index (χ1) is 13.1. The van der Waals surface area contributed by atoms with Gasteiger partial charge in [-0.1, -0.05) is 40.8 Å². The molecule has 1 saturated heterocycles. The Hall–Kier alpha value is -3.14. The zero-order chi connectivity index (χ0) is 18.8. The first-order valence-electron chi connectivity index (χ1n) is 8.34. The third-order valence-corrected chi connectivity index (χ3v) is 5.14. The third-order valence-electron chi connectivity index (χ3n) is 4.28. The van der Waals surface area contributed by atoms with Crippen LogP contribution in [0.5, 0.6) is 0 Å². The average Bonchev–Trinajstić information content (AvgIpc) is 3.41. The van der Waals surface area contributed by atoms with Crippen LogP contribution in [0.15, 0.2) is 35.2 Å². The van der Waals surface area contributed by atoms with Crippen LogP contribution in [0, 0.1) is 12.8 Å². The Morgan fingerprint density at radius 3 is 2.81 bits per heavy atom. The molecule has 3 heterocycles. The maximum atomic E-state index is 12.4. The number of carbonyl (C=O) groups is 2. The van der Waals surface area contributed by atoms with Crippen molar-refractivity contribution in [1.82, 2.24) is 25.7 Å². The first-order valence-corrected chi connectivity index (χ1v) is 9.15. The molecule has 1 aliphatic heterocycles. The molecule has 10 heteroatoms. The van der Waals surface area contributed by atoms with Crippen molar-refractivity contribution in [1.29, 1.82) is 0 Å². The second kappa shape index (κ2) is 7.23. The molecule has 1 aromatic carbocycles. The highest BCUT2D eigenvalue weighted by Crippen LogP contribution is 2.27. The lowest BCUT2D eigenvalue weighted by molar-refractivity contribution is -0.126. The van der Waals surface area contributed by atoms with E-state index in [9.17, 15) is 9.59 Å². The summed E-state index contributed by atoms with van der Waals surface area (Å²) in [5.74, 6) is -0.118. The smallest absolute Gasteiger partial charge is 0.229 e. The van der Waals surface area contributed by atoms with Crippen molar-refractivity contribution in [2.24, 2.45) is 5.92 Å². The number of nitrogens with zero attached hydrogens (tertiary/aromatic N) is 5. The Morgan fingerprint density at radius 2 is 2.15 bits per heavy atom. The van der Waals surface area contributed by atoms with E-state index in [2.05, 4.69) is 25.7 Å². The molecule has 1 fully saturated rings. The normalized spacial score (nSPS) is 16.7. The number of hydrogen-bond donors (Lipinski definition) is 1. The van der Waals surface area contributed by atoms with E-state index >= 15 is 0 Å². The fourth-order valence-corrected chi connectivity index (χ4v) is 3.58. The van der Waals surface area contributed by atoms with E-state index in [4.69, 9.17) is 4.52 Å². The van der Waals surface area contributed by atoms with Crippen LogP contribution in [-0.4, -0.2) is 38.7 Å². The summed E-state index contributed by atoms with van der Waals surface area (Å²) in [6.45, 7) is 2.54. The summed E-state index contributed by atoms with van der Waals surface area (Å²) in [6, 6.07) is 7.51. The van der Waals surface area contributed by atoms with Gasteiger partial charge in [0.25, 0.3) is 0 Å². The molecule has 138 valence electrons. The predicted molar refractivity (Wildman–Crippen MR) is 96.7 cm³/mol. The Kier molecular flexibility index (Phi) is 4.63. The van der Waals surface area contributed by atoms with Gasteiger partial charge >= 0.3 is 0 Å². The van der Waals surface area contributed by atoms with Gasteiger partial charge in [0, 0.05) is 25.1 Å². The number of amides is 2. The number of rotatable bonds is 5. The molecule has 1 atom stereocenters. The molecule has 4 rings (SSSR count). The van der Waals surface area contributed by atoms with Crippen molar-refractivity contribution in [2.75, 3.05) is 11.4 Å². The summed E-state index contributed by atoms with van der Waals surface area (Å²) >= 11 is 1.35. The molecule has 0 spiro atoms. The quantitative estimate of drug-likeness (QED) is 0.710. The minimum atomic E-state index is -0.389. The Morgan fingerprint density at radius 1 is 1.33 bits per heavy atom. The van der Waals surface area contributed by atoms with Crippen LogP contribution in [0.2, 0.25) is 0 Å². The predicted octanol–water partition coefficient (Wildman–Crippen LogP) is 1.57. The van der Waals surface area contributed by atoms with Crippen LogP contribution in [0.4, 0.5) is 5.13 Å². The molecule has 1 N–H and O–H groups in total. The molecule has 0 aliphatic carbocycles. The number of carbonyl (C=O) groups excluding carboxylic acids is 2. The van der Waals surface area contributed by atoms with E-state index in [1.54, 1.807) is 0 Å². The minimum Gasteiger partial charge on any atom is -0.352 e. The fourth-order valence-electron chi connectivity index (χ4n) is 2.87. The number of hydrogen-bond acceptors (Lipinski definition) is 8. The van der Waals surface area contributed by atoms with Gasteiger partial charge in [0.05, 0.1) is 5.92 Å². The number of aromatic nitrogens is 4. The molecule has 1 unspecified atom stereocenters. The number of benzene rings is 1. The van der Waals surface area contributed by atoms with E-state index in [1.165, 1.54) is 22.6 Å². The molecule has 2 aromatic heterocycles. The van der Waals surface area contributed by atoms with Crippen molar-refractivity contribution >= 4 is 28.3 Å². The summed E-state index contributed by atoms with van der Waals surface area (Å²) in [7, 11) is 0. The molecule has 9 nitrogen and oxygen atoms in total. The number of nitrogens with one attached hydrogen (secondary N) is 1. The maximum Gasteiger partial charge on any atom is 0.229 e. The topological polar surface area (TPSA) is 114 Å². The highest BCUT2D eigenvalue weighted by atomic mass is 32.1. The third kappa shape index (κ3) is 3.70. The van der Waals surface area contributed by atoms with Crippen molar-refractivity contribution < 1.29 is 14.1 Å². The van der Waals surface area contributed by atoms with Crippen LogP contribution in [0.25, 0.3) is 11.4 Å². The van der Waals surface area contributed by atoms with Gasteiger partial charge in [-0.3, -0.25) is 14.5 Å². The zero-order valence-electron chi connectivity index (χ0n) is 14.5. The lowest BCUT2D eigenvalue weighted by atomic mass is 10.1. The fraction of sp³-hybridized carbons (Fsp3) is 0.294. The van der Waals surface area contributed by atoms with Crippen LogP contribution in [0.1, 0.15) is 17.0 Å². The Labute approximate surface area is 158 Å². The summed E-state index contributed by atoms with van der Waals surface area (Å²) in [5.41, 5.74) is 1.78. The van der Waals surface area contributed by atoms with E-state index < -0.39 is 0 Å². The Bertz CT molecular complexity index is 953. The van der Waals surface area contributed by atoms with Gasteiger partial charge < -0.3 is 9.84 Å². The first kappa shape index (κ1) is 17.3. The van der Waals surface area contributed by atoms with Gasteiger partial charge in [0.1, 0.15) is 5.01 Å². The van der Waals surface area contributed by atoms with Crippen molar-refractivity contribution in [3.8, 4) is 11.4 Å². The lowest BCUT2D eigenvalue weighted by Gasteiger charge is -2.12. The van der Waals surface area contributed by atoms with Crippen LogP contribution in [-0.2, 0) is 16.1 Å². The van der Waals surface area contributed by atoms with Gasteiger partial charge in [-0.15, -0.1) is 10.2 Å². The molecule has 3 aromatic rings. The van der Waals surface area contributed by atoms with E-state index in [0.29, 0.717) is 24.0 Å². The molecular weight excluding hydrogens is 368 g/mol. The van der Waals surface area contributed by atoms with Gasteiger partial charge in [-0.2, -0.15) is 4.98 Å². The molecular formula is C17H16N6O3S. The summed E-state index contributed by atoms with van der Waals surface area (Å²) in [6.07, 6.45) is 1.46. The summed E-state index contributed by atoms with van der Waals surface area (Å²) < 4.78 is 4.73. The average molecular weight is 384 g/mol. The SMILES string of the molecule is Cc1nnc(N2CC(C(=O)NCc3ccc(-c4ncon4)cc3)CC2=O)s1. The summed E-state index contributed by atoms with van der Waals surface area (Å²) in [4.78, 5) is 30.2. The monoisotopic (exact) mass is 384 g/mol. The molecule has 0 bridgehead atoms. The second-order valence-corrected chi connectivity index (χ2v) is 7.34. The zero-order valence-corrected chi connectivity index (χ0v) is 15.3. The van der Waals surface area contributed by atoms with Gasteiger partial charge in [0.15, 0.2) is 0 Å². The second-order valence-electron chi connectivity index (χ2n) is 6.18. The highest BCUT2D eigenvalue weighted by molar-refractivity contribution is 7.15. The number of anilines is 1. The van der Waals surface area contributed by atoms with Crippen molar-refractivity contribution in [3.05, 3.63) is 41.2 Å². The molecule has 0 saturated carbocycles. The lowest BCUT2D eigenvalue weighted by Crippen LogP contribution is -2.32. The molecule has 1 aliphatic rings. The maximum absolute atomic E-state index is 12.4. The number of aryl methyl sites for hydroxylation is 1. The van der Waals surface area contributed by atoms with Gasteiger partial charge in [0.2, 0.25) is 29.2 Å². The molecule has 27 heavy (non-hydrogen) atoms. The van der Waals surface area contributed by atoms with E-state index in [-0.39, 0.29) is 24.2 Å². The van der Waals surface area contributed by atoms with Gasteiger partial charge in [-0.25, -0.2) is 0 Å². The van der Waals surface area contributed by atoms with Crippen LogP contribution in [0.3, 0.4) is 0 Å².